The van der Waals surface area contributed by atoms with Gasteiger partial charge in [-0.2, -0.15) is 4.98 Å². The van der Waals surface area contributed by atoms with E-state index in [1.165, 1.54) is 0 Å². The summed E-state index contributed by atoms with van der Waals surface area (Å²) in [6.07, 6.45) is 0. The van der Waals surface area contributed by atoms with E-state index in [-0.39, 0.29) is 18.6 Å². The number of nitrogens with one attached hydrogen (secondary N) is 1. The van der Waals surface area contributed by atoms with Gasteiger partial charge in [-0.1, -0.05) is 30.6 Å². The van der Waals surface area contributed by atoms with Crippen LogP contribution in [-0.2, 0) is 6.61 Å². The zero-order valence-corrected chi connectivity index (χ0v) is 13.4. The first-order chi connectivity index (χ1) is 10.0. The second-order valence-corrected chi connectivity index (χ2v) is 5.62. The minimum atomic E-state index is 0.132. The van der Waals surface area contributed by atoms with Crippen molar-refractivity contribution in [3.8, 4) is 5.75 Å². The summed E-state index contributed by atoms with van der Waals surface area (Å²) in [6, 6.07) is 5.68. The van der Waals surface area contributed by atoms with Gasteiger partial charge in [-0.3, -0.25) is 0 Å². The molecule has 0 aliphatic rings. The highest BCUT2D eigenvalue weighted by molar-refractivity contribution is 6.30. The molecular formula is C15H20ClN3O2. The molecule has 1 N–H and O–H groups in total. The highest BCUT2D eigenvalue weighted by Crippen LogP contribution is 2.28. The molecule has 0 fully saturated rings. The maximum atomic E-state index is 6.05. The Kier molecular flexibility index (Phi) is 5.20. The van der Waals surface area contributed by atoms with Crippen molar-refractivity contribution in [2.75, 3.05) is 7.05 Å². The van der Waals surface area contributed by atoms with Crippen LogP contribution in [0.25, 0.3) is 0 Å². The molecule has 0 saturated heterocycles. The maximum Gasteiger partial charge on any atom is 0.264 e. The van der Waals surface area contributed by atoms with Crippen molar-refractivity contribution in [2.45, 2.75) is 39.3 Å². The van der Waals surface area contributed by atoms with Gasteiger partial charge in [-0.05, 0) is 32.2 Å². The summed E-state index contributed by atoms with van der Waals surface area (Å²) in [7, 11) is 1.89. The normalized spacial score (nSPS) is 12.7. The lowest BCUT2D eigenvalue weighted by Crippen LogP contribution is -2.13. The average Bonchev–Trinajstić information content (AvgIpc) is 2.94. The molecule has 0 radical (unpaired) electrons. The van der Waals surface area contributed by atoms with Gasteiger partial charge >= 0.3 is 0 Å². The second-order valence-electron chi connectivity index (χ2n) is 5.18. The highest BCUT2D eigenvalue weighted by Gasteiger charge is 2.14. The maximum absolute atomic E-state index is 6.05. The molecular weight excluding hydrogens is 290 g/mol. The van der Waals surface area contributed by atoms with Crippen LogP contribution in [0.4, 0.5) is 0 Å². The Balaban J connectivity index is 2.11. The second kappa shape index (κ2) is 6.91. The topological polar surface area (TPSA) is 60.2 Å². The van der Waals surface area contributed by atoms with E-state index in [0.717, 1.165) is 11.3 Å². The molecule has 0 saturated carbocycles. The summed E-state index contributed by atoms with van der Waals surface area (Å²) in [5.41, 5.74) is 0.994. The van der Waals surface area contributed by atoms with Crippen LogP contribution in [-0.4, -0.2) is 17.2 Å². The van der Waals surface area contributed by atoms with Crippen LogP contribution in [0.2, 0.25) is 5.02 Å². The van der Waals surface area contributed by atoms with Gasteiger partial charge in [0.15, 0.2) is 12.4 Å². The van der Waals surface area contributed by atoms with E-state index in [0.29, 0.717) is 16.7 Å². The van der Waals surface area contributed by atoms with E-state index in [4.69, 9.17) is 20.9 Å². The van der Waals surface area contributed by atoms with E-state index in [1.807, 2.05) is 40.0 Å². The Labute approximate surface area is 129 Å². The van der Waals surface area contributed by atoms with Crippen LogP contribution in [0.3, 0.4) is 0 Å². The molecule has 114 valence electrons. The van der Waals surface area contributed by atoms with Crippen molar-refractivity contribution in [1.29, 1.82) is 0 Å². The van der Waals surface area contributed by atoms with Gasteiger partial charge in [0, 0.05) is 22.5 Å². The number of aromatic nitrogens is 2. The first kappa shape index (κ1) is 15.8. The minimum absolute atomic E-state index is 0.132. The molecule has 0 aliphatic heterocycles. The van der Waals surface area contributed by atoms with Crippen LogP contribution in [0, 0.1) is 0 Å². The third kappa shape index (κ3) is 3.95. The molecule has 6 heteroatoms. The summed E-state index contributed by atoms with van der Waals surface area (Å²) >= 11 is 6.05. The van der Waals surface area contributed by atoms with Crippen LogP contribution < -0.4 is 10.1 Å². The highest BCUT2D eigenvalue weighted by atomic mass is 35.5. The lowest BCUT2D eigenvalue weighted by atomic mass is 10.1. The Bertz CT molecular complexity index is 598. The monoisotopic (exact) mass is 309 g/mol. The van der Waals surface area contributed by atoms with Crippen molar-refractivity contribution in [3.63, 3.8) is 0 Å². The fourth-order valence-electron chi connectivity index (χ4n) is 1.85. The summed E-state index contributed by atoms with van der Waals surface area (Å²) < 4.78 is 11.0. The van der Waals surface area contributed by atoms with Crippen molar-refractivity contribution in [1.82, 2.24) is 15.5 Å². The van der Waals surface area contributed by atoms with E-state index in [2.05, 4.69) is 15.5 Å². The fraction of sp³-hybridized carbons (Fsp3) is 0.467. The number of ether oxygens (including phenoxy) is 1. The van der Waals surface area contributed by atoms with Crippen LogP contribution in [0.15, 0.2) is 22.7 Å². The molecule has 0 amide bonds. The fourth-order valence-corrected chi connectivity index (χ4v) is 2.03. The molecule has 1 aromatic carbocycles. The van der Waals surface area contributed by atoms with Gasteiger partial charge in [0.1, 0.15) is 5.75 Å². The molecule has 1 atom stereocenters. The van der Waals surface area contributed by atoms with E-state index in [9.17, 15) is 0 Å². The SMILES string of the molecule is CNC(C)c1cc(Cl)ccc1OCc1nc(C(C)C)no1. The van der Waals surface area contributed by atoms with E-state index < -0.39 is 0 Å². The van der Waals surface area contributed by atoms with Gasteiger partial charge in [0.05, 0.1) is 0 Å². The van der Waals surface area contributed by atoms with Gasteiger partial charge < -0.3 is 14.6 Å². The lowest BCUT2D eigenvalue weighted by molar-refractivity contribution is 0.239. The average molecular weight is 310 g/mol. The first-order valence-electron chi connectivity index (χ1n) is 6.93. The van der Waals surface area contributed by atoms with E-state index >= 15 is 0 Å². The van der Waals surface area contributed by atoms with Gasteiger partial charge in [0.2, 0.25) is 0 Å². The molecule has 2 aromatic rings. The first-order valence-corrected chi connectivity index (χ1v) is 7.31. The Hall–Kier alpha value is -1.59. The van der Waals surface area contributed by atoms with Crippen LogP contribution >= 0.6 is 11.6 Å². The summed E-state index contributed by atoms with van der Waals surface area (Å²) in [5, 5.41) is 7.77. The lowest BCUT2D eigenvalue weighted by Gasteiger charge is -2.16. The number of nitrogens with zero attached hydrogens (tertiary/aromatic N) is 2. The molecule has 1 unspecified atom stereocenters. The van der Waals surface area contributed by atoms with Gasteiger partial charge in [-0.25, -0.2) is 0 Å². The summed E-state index contributed by atoms with van der Waals surface area (Å²) in [6.45, 7) is 6.32. The number of halogens is 1. The molecule has 0 spiro atoms. The molecule has 21 heavy (non-hydrogen) atoms. The standard InChI is InChI=1S/C15H20ClN3O2/c1-9(2)15-18-14(21-19-15)8-20-13-6-5-11(16)7-12(13)10(3)17-4/h5-7,9-10,17H,8H2,1-4H3. The molecule has 1 heterocycles. The number of hydrogen-bond donors (Lipinski definition) is 1. The zero-order valence-electron chi connectivity index (χ0n) is 12.7. The Morgan fingerprint density at radius 3 is 2.71 bits per heavy atom. The molecule has 1 aromatic heterocycles. The predicted molar refractivity (Wildman–Crippen MR) is 81.6 cm³/mol. The summed E-state index contributed by atoms with van der Waals surface area (Å²) in [5.74, 6) is 2.15. The number of rotatable bonds is 6. The Morgan fingerprint density at radius 2 is 2.10 bits per heavy atom. The molecule has 5 nitrogen and oxygen atoms in total. The number of hydrogen-bond acceptors (Lipinski definition) is 5. The van der Waals surface area contributed by atoms with Gasteiger partial charge in [0.25, 0.3) is 5.89 Å². The molecule has 0 bridgehead atoms. The van der Waals surface area contributed by atoms with Gasteiger partial charge in [-0.15, -0.1) is 0 Å². The minimum Gasteiger partial charge on any atom is -0.483 e. The third-order valence-corrected chi connectivity index (χ3v) is 3.46. The van der Waals surface area contributed by atoms with Crippen molar-refractivity contribution in [2.24, 2.45) is 0 Å². The smallest absolute Gasteiger partial charge is 0.264 e. The van der Waals surface area contributed by atoms with Crippen molar-refractivity contribution >= 4 is 11.6 Å². The van der Waals surface area contributed by atoms with Crippen LogP contribution in [0.1, 0.15) is 50.0 Å². The Morgan fingerprint density at radius 1 is 1.33 bits per heavy atom. The van der Waals surface area contributed by atoms with Crippen molar-refractivity contribution < 1.29 is 9.26 Å². The quantitative estimate of drug-likeness (QED) is 0.881. The third-order valence-electron chi connectivity index (χ3n) is 3.22. The predicted octanol–water partition coefficient (Wildman–Crippen LogP) is 3.71. The zero-order chi connectivity index (χ0) is 15.4. The largest absolute Gasteiger partial charge is 0.483 e. The number of benzene rings is 1. The molecule has 2 rings (SSSR count). The summed E-state index contributed by atoms with van der Waals surface area (Å²) in [4.78, 5) is 4.29. The van der Waals surface area contributed by atoms with Crippen molar-refractivity contribution in [3.05, 3.63) is 40.5 Å². The molecule has 0 aliphatic carbocycles. The van der Waals surface area contributed by atoms with E-state index in [1.54, 1.807) is 6.07 Å². The van der Waals surface area contributed by atoms with Crippen LogP contribution in [0.5, 0.6) is 5.75 Å².